The van der Waals surface area contributed by atoms with Gasteiger partial charge in [-0.25, -0.2) is 0 Å². The molecule has 1 atom stereocenters. The monoisotopic (exact) mass is 408 g/mol. The number of hydrogen-bond acceptors (Lipinski definition) is 3. The van der Waals surface area contributed by atoms with Gasteiger partial charge in [0.05, 0.1) is 5.69 Å². The maximum absolute atomic E-state index is 12.7. The van der Waals surface area contributed by atoms with Crippen molar-refractivity contribution < 1.29 is 4.79 Å². The van der Waals surface area contributed by atoms with E-state index in [4.69, 9.17) is 4.99 Å². The summed E-state index contributed by atoms with van der Waals surface area (Å²) in [5.74, 6) is 2.14. The van der Waals surface area contributed by atoms with Gasteiger partial charge >= 0.3 is 0 Å². The van der Waals surface area contributed by atoms with Gasteiger partial charge in [-0.3, -0.25) is 9.79 Å². The molecule has 3 rings (SSSR count). The SMILES string of the molecule is CCSc1ccc(CNC(=O)c2ccc(C)c(/N=C(\C(C)CC)C3CC3)c2)cc1. The van der Waals surface area contributed by atoms with Gasteiger partial charge in [-0.05, 0) is 79.2 Å². The molecule has 2 aromatic rings. The van der Waals surface area contributed by atoms with Crippen LogP contribution in [0.5, 0.6) is 0 Å². The second-order valence-corrected chi connectivity index (χ2v) is 9.22. The van der Waals surface area contributed by atoms with Crippen molar-refractivity contribution in [1.82, 2.24) is 5.32 Å². The largest absolute Gasteiger partial charge is 0.348 e. The molecule has 2 aromatic carbocycles. The summed E-state index contributed by atoms with van der Waals surface area (Å²) in [5.41, 5.74) is 5.13. The summed E-state index contributed by atoms with van der Waals surface area (Å²) in [5, 5.41) is 3.04. The molecule has 1 N–H and O–H groups in total. The summed E-state index contributed by atoms with van der Waals surface area (Å²) in [4.78, 5) is 19.0. The molecular formula is C25H32N2OS. The highest BCUT2D eigenvalue weighted by molar-refractivity contribution is 7.99. The third kappa shape index (κ3) is 5.96. The lowest BCUT2D eigenvalue weighted by atomic mass is 9.98. The Balaban J connectivity index is 1.70. The number of carbonyl (C=O) groups is 1. The molecule has 0 aromatic heterocycles. The molecule has 154 valence electrons. The predicted molar refractivity (Wildman–Crippen MR) is 124 cm³/mol. The highest BCUT2D eigenvalue weighted by atomic mass is 32.2. The van der Waals surface area contributed by atoms with Crippen molar-refractivity contribution in [3.63, 3.8) is 0 Å². The molecule has 0 bridgehead atoms. The topological polar surface area (TPSA) is 41.5 Å². The molecule has 29 heavy (non-hydrogen) atoms. The van der Waals surface area contributed by atoms with Gasteiger partial charge in [0, 0.05) is 22.7 Å². The van der Waals surface area contributed by atoms with Gasteiger partial charge in [0.15, 0.2) is 0 Å². The molecular weight excluding hydrogens is 376 g/mol. The van der Waals surface area contributed by atoms with Gasteiger partial charge in [-0.15, -0.1) is 11.8 Å². The van der Waals surface area contributed by atoms with E-state index in [9.17, 15) is 4.79 Å². The summed E-state index contributed by atoms with van der Waals surface area (Å²) >= 11 is 1.82. The molecule has 1 saturated carbocycles. The van der Waals surface area contributed by atoms with Crippen LogP contribution < -0.4 is 5.32 Å². The summed E-state index contributed by atoms with van der Waals surface area (Å²) in [6.45, 7) is 9.22. The molecule has 0 aliphatic heterocycles. The van der Waals surface area contributed by atoms with Crippen LogP contribution in [-0.2, 0) is 6.54 Å². The van der Waals surface area contributed by atoms with Crippen LogP contribution in [0, 0.1) is 18.8 Å². The fourth-order valence-corrected chi connectivity index (χ4v) is 4.02. The van der Waals surface area contributed by atoms with E-state index in [-0.39, 0.29) is 5.91 Å². The van der Waals surface area contributed by atoms with Gasteiger partial charge in [0.2, 0.25) is 0 Å². The van der Waals surface area contributed by atoms with Crippen molar-refractivity contribution in [3.05, 3.63) is 59.2 Å². The third-order valence-electron chi connectivity index (χ3n) is 5.52. The number of rotatable bonds is 9. The number of amides is 1. The molecule has 1 fully saturated rings. The summed E-state index contributed by atoms with van der Waals surface area (Å²) < 4.78 is 0. The van der Waals surface area contributed by atoms with Crippen LogP contribution in [-0.4, -0.2) is 17.4 Å². The molecule has 0 radical (unpaired) electrons. The van der Waals surface area contributed by atoms with E-state index < -0.39 is 0 Å². The second kappa shape index (κ2) is 10.1. The van der Waals surface area contributed by atoms with E-state index in [1.54, 1.807) is 0 Å². The highest BCUT2D eigenvalue weighted by Crippen LogP contribution is 2.36. The first kappa shape index (κ1) is 21.6. The van der Waals surface area contributed by atoms with E-state index in [1.807, 2.05) is 30.0 Å². The van der Waals surface area contributed by atoms with Crippen LogP contribution in [0.1, 0.15) is 61.5 Å². The number of nitrogens with zero attached hydrogens (tertiary/aromatic N) is 1. The fraction of sp³-hybridized carbons (Fsp3) is 0.440. The molecule has 1 aliphatic rings. The Morgan fingerprint density at radius 3 is 2.52 bits per heavy atom. The molecule has 3 nitrogen and oxygen atoms in total. The molecule has 0 heterocycles. The van der Waals surface area contributed by atoms with Crippen LogP contribution in [0.3, 0.4) is 0 Å². The van der Waals surface area contributed by atoms with Gasteiger partial charge in [-0.1, -0.05) is 39.0 Å². The van der Waals surface area contributed by atoms with Crippen LogP contribution in [0.4, 0.5) is 5.69 Å². The van der Waals surface area contributed by atoms with Crippen molar-refractivity contribution in [2.24, 2.45) is 16.8 Å². The lowest BCUT2D eigenvalue weighted by Crippen LogP contribution is -2.22. The average molecular weight is 409 g/mol. The lowest BCUT2D eigenvalue weighted by Gasteiger charge is -2.14. The van der Waals surface area contributed by atoms with Crippen LogP contribution in [0.25, 0.3) is 0 Å². The standard InChI is InChI=1S/C25H32N2OS/c1-5-17(3)24(20-11-12-20)27-23-15-21(10-7-18(23)4)25(28)26-16-19-8-13-22(14-9-19)29-6-2/h7-10,13-15,17,20H,5-6,11-12,16H2,1-4H3,(H,26,28)/b27-24+. The minimum atomic E-state index is -0.0510. The Labute approximate surface area is 179 Å². The first-order valence-corrected chi connectivity index (χ1v) is 11.7. The quantitative estimate of drug-likeness (QED) is 0.377. The fourth-order valence-electron chi connectivity index (χ4n) is 3.36. The van der Waals surface area contributed by atoms with E-state index in [0.717, 1.165) is 29.0 Å². The van der Waals surface area contributed by atoms with Gasteiger partial charge in [0.1, 0.15) is 0 Å². The molecule has 1 unspecified atom stereocenters. The highest BCUT2D eigenvalue weighted by Gasteiger charge is 2.30. The van der Waals surface area contributed by atoms with Crippen LogP contribution >= 0.6 is 11.8 Å². The Morgan fingerprint density at radius 1 is 1.17 bits per heavy atom. The average Bonchev–Trinajstić information content (AvgIpc) is 3.57. The Hall–Kier alpha value is -2.07. The number of aryl methyl sites for hydroxylation is 1. The zero-order valence-electron chi connectivity index (χ0n) is 18.0. The van der Waals surface area contributed by atoms with Crippen molar-refractivity contribution in [3.8, 4) is 0 Å². The summed E-state index contributed by atoms with van der Waals surface area (Å²) in [6, 6.07) is 14.2. The maximum Gasteiger partial charge on any atom is 0.251 e. The number of aliphatic imine (C=N–C) groups is 1. The van der Waals surface area contributed by atoms with Crippen molar-refractivity contribution in [2.45, 2.75) is 58.4 Å². The van der Waals surface area contributed by atoms with Gasteiger partial charge in [0.25, 0.3) is 5.91 Å². The third-order valence-corrected chi connectivity index (χ3v) is 6.42. The first-order chi connectivity index (χ1) is 14.0. The van der Waals surface area contributed by atoms with Crippen LogP contribution in [0.2, 0.25) is 0 Å². The lowest BCUT2D eigenvalue weighted by molar-refractivity contribution is 0.0951. The second-order valence-electron chi connectivity index (χ2n) is 7.88. The minimum absolute atomic E-state index is 0.0510. The number of nitrogens with one attached hydrogen (secondary N) is 1. The molecule has 1 amide bonds. The zero-order chi connectivity index (χ0) is 20.8. The minimum Gasteiger partial charge on any atom is -0.348 e. The van der Waals surface area contributed by atoms with E-state index in [1.165, 1.54) is 23.4 Å². The summed E-state index contributed by atoms with van der Waals surface area (Å²) in [7, 11) is 0. The smallest absolute Gasteiger partial charge is 0.251 e. The Kier molecular flexibility index (Phi) is 7.54. The Morgan fingerprint density at radius 2 is 1.90 bits per heavy atom. The normalized spacial score (nSPS) is 15.2. The van der Waals surface area contributed by atoms with Crippen molar-refractivity contribution >= 4 is 29.1 Å². The van der Waals surface area contributed by atoms with E-state index >= 15 is 0 Å². The molecule has 4 heteroatoms. The number of carbonyl (C=O) groups excluding carboxylic acids is 1. The predicted octanol–water partition coefficient (Wildman–Crippen LogP) is 6.57. The zero-order valence-corrected chi connectivity index (χ0v) is 18.8. The first-order valence-electron chi connectivity index (χ1n) is 10.7. The molecule has 0 saturated heterocycles. The molecule has 1 aliphatic carbocycles. The van der Waals surface area contributed by atoms with Crippen LogP contribution in [0.15, 0.2) is 52.4 Å². The van der Waals surface area contributed by atoms with E-state index in [2.05, 4.69) is 57.3 Å². The van der Waals surface area contributed by atoms with Gasteiger partial charge in [-0.2, -0.15) is 0 Å². The number of hydrogen-bond donors (Lipinski definition) is 1. The summed E-state index contributed by atoms with van der Waals surface area (Å²) in [6.07, 6.45) is 3.60. The van der Waals surface area contributed by atoms with Gasteiger partial charge < -0.3 is 5.32 Å². The maximum atomic E-state index is 12.7. The van der Waals surface area contributed by atoms with Crippen molar-refractivity contribution in [2.75, 3.05) is 5.75 Å². The number of thioether (sulfide) groups is 1. The van der Waals surface area contributed by atoms with E-state index in [0.29, 0.717) is 23.9 Å². The van der Waals surface area contributed by atoms with Crippen molar-refractivity contribution in [1.29, 1.82) is 0 Å². The number of benzene rings is 2. The molecule has 0 spiro atoms. The Bertz CT molecular complexity index is 869.